The van der Waals surface area contributed by atoms with E-state index in [4.69, 9.17) is 8.85 Å². The SMILES string of the molecule is CCCCCCCCCCCCN1CCC[Si]1(OC)OCC. The third-order valence-electron chi connectivity index (χ3n) is 4.87. The molecule has 0 aromatic heterocycles. The number of nitrogens with zero attached hydrogens (tertiary/aromatic N) is 1. The lowest BCUT2D eigenvalue weighted by atomic mass is 10.1. The molecule has 0 aromatic rings. The van der Waals surface area contributed by atoms with Crippen LogP contribution < -0.4 is 0 Å². The van der Waals surface area contributed by atoms with Crippen LogP contribution >= 0.6 is 0 Å². The number of rotatable bonds is 14. The van der Waals surface area contributed by atoms with Gasteiger partial charge in [-0.1, -0.05) is 64.7 Å². The summed E-state index contributed by atoms with van der Waals surface area (Å²) in [6.07, 6.45) is 15.3. The average Bonchev–Trinajstić information content (AvgIpc) is 2.93. The lowest BCUT2D eigenvalue weighted by Gasteiger charge is -2.33. The highest BCUT2D eigenvalue weighted by atomic mass is 28.4. The zero-order chi connectivity index (χ0) is 16.1. The Labute approximate surface area is 140 Å². The van der Waals surface area contributed by atoms with Gasteiger partial charge in [-0.05, 0) is 32.9 Å². The van der Waals surface area contributed by atoms with Gasteiger partial charge in [0.15, 0.2) is 0 Å². The fourth-order valence-electron chi connectivity index (χ4n) is 3.57. The van der Waals surface area contributed by atoms with Gasteiger partial charge < -0.3 is 8.85 Å². The quantitative estimate of drug-likeness (QED) is 0.321. The van der Waals surface area contributed by atoms with E-state index in [1.165, 1.54) is 83.7 Å². The number of hydrogen-bond acceptors (Lipinski definition) is 3. The Balaban J connectivity index is 2.02. The molecule has 1 aliphatic rings. The minimum Gasteiger partial charge on any atom is -0.386 e. The van der Waals surface area contributed by atoms with Crippen molar-refractivity contribution in [2.24, 2.45) is 0 Å². The van der Waals surface area contributed by atoms with Crippen LogP contribution in [0.3, 0.4) is 0 Å². The van der Waals surface area contributed by atoms with Crippen LogP contribution in [0.25, 0.3) is 0 Å². The molecule has 0 saturated carbocycles. The van der Waals surface area contributed by atoms with E-state index in [-0.39, 0.29) is 0 Å². The van der Waals surface area contributed by atoms with Crippen molar-refractivity contribution in [3.8, 4) is 0 Å². The summed E-state index contributed by atoms with van der Waals surface area (Å²) in [6, 6.07) is 1.15. The Morgan fingerprint density at radius 2 is 1.45 bits per heavy atom. The standard InChI is InChI=1S/C18H39NO2Si/c1-4-6-7-8-9-10-11-12-13-14-16-19-17-15-18-22(19,20-3)21-5-2/h4-18H2,1-3H3. The van der Waals surface area contributed by atoms with Gasteiger partial charge >= 0.3 is 8.72 Å². The van der Waals surface area contributed by atoms with E-state index in [0.29, 0.717) is 0 Å². The largest absolute Gasteiger partial charge is 0.427 e. The van der Waals surface area contributed by atoms with Crippen LogP contribution in [0.5, 0.6) is 0 Å². The van der Waals surface area contributed by atoms with Gasteiger partial charge in [-0.2, -0.15) is 0 Å². The van der Waals surface area contributed by atoms with Crippen LogP contribution in [-0.4, -0.2) is 40.1 Å². The summed E-state index contributed by atoms with van der Waals surface area (Å²) in [7, 11) is -0.150. The summed E-state index contributed by atoms with van der Waals surface area (Å²) in [5.41, 5.74) is 0. The fraction of sp³-hybridized carbons (Fsp3) is 1.00. The van der Waals surface area contributed by atoms with Crippen molar-refractivity contribution in [3.63, 3.8) is 0 Å². The molecular formula is C18H39NO2Si. The van der Waals surface area contributed by atoms with Gasteiger partial charge in [-0.3, -0.25) is 4.57 Å². The highest BCUT2D eigenvalue weighted by Gasteiger charge is 2.47. The molecule has 1 rings (SSSR count). The molecule has 0 N–H and O–H groups in total. The van der Waals surface area contributed by atoms with Crippen LogP contribution in [0.1, 0.15) is 84.5 Å². The summed E-state index contributed by atoms with van der Waals surface area (Å²) in [6.45, 7) is 7.51. The predicted molar refractivity (Wildman–Crippen MR) is 97.2 cm³/mol. The maximum Gasteiger partial charge on any atom is 0.427 e. The zero-order valence-corrected chi connectivity index (χ0v) is 16.4. The molecule has 3 nitrogen and oxygen atoms in total. The Kier molecular flexibility index (Phi) is 11.5. The molecule has 4 heteroatoms. The van der Waals surface area contributed by atoms with Gasteiger partial charge in [0, 0.05) is 19.8 Å². The lowest BCUT2D eigenvalue weighted by Crippen LogP contribution is -2.54. The zero-order valence-electron chi connectivity index (χ0n) is 15.4. The second-order valence-corrected chi connectivity index (χ2v) is 9.88. The van der Waals surface area contributed by atoms with Crippen LogP contribution in [0.15, 0.2) is 0 Å². The molecule has 0 amide bonds. The van der Waals surface area contributed by atoms with Crippen LogP contribution in [0, 0.1) is 0 Å². The first kappa shape index (κ1) is 20.1. The molecule has 0 bridgehead atoms. The first-order chi connectivity index (χ1) is 10.8. The van der Waals surface area contributed by atoms with Crippen molar-refractivity contribution in [2.45, 2.75) is 90.5 Å². The van der Waals surface area contributed by atoms with Crippen LogP contribution in [0.2, 0.25) is 6.04 Å². The van der Waals surface area contributed by atoms with E-state index >= 15 is 0 Å². The van der Waals surface area contributed by atoms with E-state index in [0.717, 1.165) is 12.7 Å². The molecule has 0 spiro atoms. The molecule has 1 atom stereocenters. The summed E-state index contributed by atoms with van der Waals surface area (Å²) >= 11 is 0. The molecule has 0 radical (unpaired) electrons. The van der Waals surface area contributed by atoms with Gasteiger partial charge in [0.05, 0.1) is 0 Å². The van der Waals surface area contributed by atoms with Gasteiger partial charge in [-0.25, -0.2) is 0 Å². The minimum absolute atomic E-state index is 0.786. The van der Waals surface area contributed by atoms with Crippen molar-refractivity contribution in [3.05, 3.63) is 0 Å². The highest BCUT2D eigenvalue weighted by molar-refractivity contribution is 6.65. The minimum atomic E-state index is -2.00. The third kappa shape index (κ3) is 7.11. The number of hydrogen-bond donors (Lipinski definition) is 0. The summed E-state index contributed by atoms with van der Waals surface area (Å²) in [4.78, 5) is 0. The van der Waals surface area contributed by atoms with Gasteiger partial charge in [0.2, 0.25) is 0 Å². The Morgan fingerprint density at radius 1 is 0.864 bits per heavy atom. The van der Waals surface area contributed by atoms with Gasteiger partial charge in [-0.15, -0.1) is 0 Å². The normalized spacial score (nSPS) is 22.5. The molecule has 1 unspecified atom stereocenters. The average molecular weight is 330 g/mol. The molecule has 1 fully saturated rings. The molecule has 1 aliphatic heterocycles. The van der Waals surface area contributed by atoms with Crippen molar-refractivity contribution >= 4 is 8.72 Å². The Hall–Kier alpha value is 0.0969. The molecule has 0 aliphatic carbocycles. The van der Waals surface area contributed by atoms with Crippen molar-refractivity contribution in [1.82, 2.24) is 4.57 Å². The van der Waals surface area contributed by atoms with E-state index < -0.39 is 8.72 Å². The van der Waals surface area contributed by atoms with E-state index in [1.807, 2.05) is 7.11 Å². The predicted octanol–water partition coefficient (Wildman–Crippen LogP) is 5.23. The van der Waals surface area contributed by atoms with Crippen LogP contribution in [0.4, 0.5) is 0 Å². The summed E-state index contributed by atoms with van der Waals surface area (Å²) in [5.74, 6) is 0. The molecule has 1 saturated heterocycles. The molecule has 22 heavy (non-hydrogen) atoms. The van der Waals surface area contributed by atoms with Crippen molar-refractivity contribution in [1.29, 1.82) is 0 Å². The Bertz CT molecular complexity index is 265. The molecule has 132 valence electrons. The maximum atomic E-state index is 6.04. The van der Waals surface area contributed by atoms with E-state index in [9.17, 15) is 0 Å². The Morgan fingerprint density at radius 3 is 2.00 bits per heavy atom. The molecular weight excluding hydrogens is 290 g/mol. The first-order valence-electron chi connectivity index (χ1n) is 9.73. The smallest absolute Gasteiger partial charge is 0.386 e. The monoisotopic (exact) mass is 329 g/mol. The first-order valence-corrected chi connectivity index (χ1v) is 11.7. The molecule has 1 heterocycles. The lowest BCUT2D eigenvalue weighted by molar-refractivity contribution is 0.156. The van der Waals surface area contributed by atoms with Crippen molar-refractivity contribution in [2.75, 3.05) is 26.8 Å². The van der Waals surface area contributed by atoms with Crippen molar-refractivity contribution < 1.29 is 8.85 Å². The van der Waals surface area contributed by atoms with Gasteiger partial charge in [0.1, 0.15) is 0 Å². The van der Waals surface area contributed by atoms with Crippen LogP contribution in [-0.2, 0) is 8.85 Å². The number of unbranched alkanes of at least 4 members (excludes halogenated alkanes) is 9. The summed E-state index contributed by atoms with van der Waals surface area (Å²) in [5, 5.41) is 0. The summed E-state index contributed by atoms with van der Waals surface area (Å²) < 4.78 is 14.4. The van der Waals surface area contributed by atoms with E-state index in [1.54, 1.807) is 0 Å². The second-order valence-electron chi connectivity index (χ2n) is 6.62. The second kappa shape index (κ2) is 12.5. The molecule has 0 aromatic carbocycles. The highest BCUT2D eigenvalue weighted by Crippen LogP contribution is 2.28. The van der Waals surface area contributed by atoms with Gasteiger partial charge in [0.25, 0.3) is 0 Å². The third-order valence-corrected chi connectivity index (χ3v) is 8.65. The fourth-order valence-corrected chi connectivity index (χ4v) is 6.85. The maximum absolute atomic E-state index is 6.04. The topological polar surface area (TPSA) is 21.7 Å². The van der Waals surface area contributed by atoms with E-state index in [2.05, 4.69) is 18.4 Å².